The average molecular weight is 1690 g/mol. The number of para-hydroxylation sites is 4. The molecule has 7 aromatic heterocycles. The number of nitrogens with zero attached hydrogens (tertiary/aromatic N) is 11. The molecule has 0 bridgehead atoms. The van der Waals surface area contributed by atoms with Crippen molar-refractivity contribution in [1.82, 2.24) is 53.6 Å². The fraction of sp³-hybridized carbons (Fsp3) is 0.0248. The summed E-state index contributed by atoms with van der Waals surface area (Å²) in [5.41, 5.74) is 32.8. The Morgan fingerprint density at radius 3 is 1.11 bits per heavy atom. The lowest BCUT2D eigenvalue weighted by atomic mass is 9.82. The molecule has 1 aliphatic rings. The molecule has 0 saturated carbocycles. The van der Waals surface area contributed by atoms with Crippen LogP contribution in [0.2, 0.25) is 0 Å². The van der Waals surface area contributed by atoms with E-state index >= 15 is 0 Å². The predicted molar refractivity (Wildman–Crippen MR) is 540 cm³/mol. The van der Waals surface area contributed by atoms with E-state index in [1.54, 1.807) is 0 Å². The molecule has 0 aliphatic heterocycles. The van der Waals surface area contributed by atoms with Crippen molar-refractivity contribution in [1.29, 1.82) is 0 Å². The van der Waals surface area contributed by atoms with E-state index in [1.165, 1.54) is 27.6 Å². The van der Waals surface area contributed by atoms with E-state index in [-0.39, 0.29) is 5.41 Å². The maximum absolute atomic E-state index is 5.88. The third-order valence-electron chi connectivity index (χ3n) is 26.3. The van der Waals surface area contributed by atoms with E-state index in [1.807, 2.05) is 54.6 Å². The van der Waals surface area contributed by atoms with Crippen LogP contribution in [0.3, 0.4) is 0 Å². The zero-order chi connectivity index (χ0) is 87.5. The minimum Gasteiger partial charge on any atom is -0.309 e. The molecule has 25 rings (SSSR count). The van der Waals surface area contributed by atoms with E-state index in [9.17, 15) is 0 Å². The smallest absolute Gasteiger partial charge is 0.164 e. The number of rotatable bonds is 16. The van der Waals surface area contributed by atoms with Crippen molar-refractivity contribution in [3.05, 3.63) is 454 Å². The number of hydrogen-bond acceptors (Lipinski definition) is 8. The highest BCUT2D eigenvalue weighted by atomic mass is 15.1. The van der Waals surface area contributed by atoms with Crippen LogP contribution >= 0.6 is 0 Å². The molecule has 0 fully saturated rings. The van der Waals surface area contributed by atoms with Gasteiger partial charge in [-0.1, -0.05) is 354 Å². The highest BCUT2D eigenvalue weighted by molar-refractivity contribution is 6.26. The highest BCUT2D eigenvalue weighted by Gasteiger charge is 2.38. The molecule has 24 aromatic rings. The summed E-state index contributed by atoms with van der Waals surface area (Å²) in [5, 5.41) is 6.96. The molecule has 17 aromatic carbocycles. The first-order valence-corrected chi connectivity index (χ1v) is 44.8. The SMILES string of the molecule is CC1(C)c2ccccc2-c2c1ccc1c3ccccc3n(-c3ccc(-c4nc(-c5ccccc5)nc(-c5ccccc5)n4)cc3-c3cc(-c4ccccc4)cc(-c4ccc(-c5cccc(-c6nc(-c7ccccc7)nc(-c7ccc(-n8c9ccccc9c9ccc%10c(c%11ccccc%11n%10-c%10ccccc%10)c98)c(-c8cc(-c9ccccc9)nc(-c9ccccc9)c8)c7)n6)c5)cc4)n3)c21. The summed E-state index contributed by atoms with van der Waals surface area (Å²) < 4.78 is 7.40. The van der Waals surface area contributed by atoms with Gasteiger partial charge in [-0.25, -0.2) is 39.9 Å². The molecule has 7 heterocycles. The van der Waals surface area contributed by atoms with Gasteiger partial charge < -0.3 is 13.7 Å². The van der Waals surface area contributed by atoms with Crippen LogP contribution in [0.4, 0.5) is 0 Å². The molecule has 11 nitrogen and oxygen atoms in total. The molecule has 0 radical (unpaired) electrons. The van der Waals surface area contributed by atoms with Gasteiger partial charge in [-0.2, -0.15) is 0 Å². The van der Waals surface area contributed by atoms with Crippen molar-refractivity contribution in [2.24, 2.45) is 0 Å². The molecule has 0 atom stereocenters. The van der Waals surface area contributed by atoms with Crippen molar-refractivity contribution in [3.63, 3.8) is 0 Å². The molecule has 0 unspecified atom stereocenters. The maximum Gasteiger partial charge on any atom is 0.164 e. The van der Waals surface area contributed by atoms with Crippen LogP contribution in [0, 0.1) is 0 Å². The molecule has 132 heavy (non-hydrogen) atoms. The standard InChI is InChI=1S/C121H79N11/c1-121(2)99-53-28-24-51-95(99)111-100(121)65-63-93-91-49-25-30-55-106(91)132(113(93)111)109-67-62-87(120-126-115(81-39-16-6-17-40-81)124-116(127-120)82-41-18-7-19-42-82)71-98(109)104-73-88(76-33-10-3-11-34-76)72-101(123-104)80-59-57-77(58-60-80)84-45-32-46-85(69-84)118-125-117(83-43-20-8-21-44-83)128-119(129-118)86-61-66-108(97(70-86)89-74-102(78-35-12-4-13-36-78)122-103(75-89)79-37-14-5-15-38-79)131-105-54-29-26-50-92(105)94-64-68-110-112(114(94)131)96-52-27-31-56-107(96)130(110)90-47-22-9-23-48-90/h3-75H,1-2H3. The minimum atomic E-state index is -0.252. The van der Waals surface area contributed by atoms with Gasteiger partial charge in [0.1, 0.15) is 0 Å². The lowest BCUT2D eigenvalue weighted by Gasteiger charge is -2.21. The van der Waals surface area contributed by atoms with Crippen LogP contribution in [0.1, 0.15) is 25.0 Å². The number of fused-ring (bicyclic) bond motifs is 14. The summed E-state index contributed by atoms with van der Waals surface area (Å²) in [6.07, 6.45) is 0. The first-order valence-electron chi connectivity index (χ1n) is 44.8. The molecule has 0 saturated heterocycles. The minimum absolute atomic E-state index is 0.252. The summed E-state index contributed by atoms with van der Waals surface area (Å²) in [6, 6.07) is 157. The van der Waals surface area contributed by atoms with Gasteiger partial charge in [0.15, 0.2) is 34.9 Å². The molecule has 0 spiro atoms. The fourth-order valence-electron chi connectivity index (χ4n) is 20.1. The van der Waals surface area contributed by atoms with E-state index in [2.05, 4.69) is 416 Å². The normalized spacial score (nSPS) is 12.2. The average Bonchev–Trinajstić information content (AvgIpc) is 1.50. The number of pyridine rings is 2. The molecule has 0 amide bonds. The van der Waals surface area contributed by atoms with Gasteiger partial charge >= 0.3 is 0 Å². The second kappa shape index (κ2) is 31.5. The van der Waals surface area contributed by atoms with E-state index in [0.29, 0.717) is 34.9 Å². The Hall–Kier alpha value is -17.5. The van der Waals surface area contributed by atoms with Crippen LogP contribution in [0.15, 0.2) is 443 Å². The first kappa shape index (κ1) is 76.9. The molecule has 1 aliphatic carbocycles. The van der Waals surface area contributed by atoms with Crippen molar-refractivity contribution in [3.8, 4) is 175 Å². The Balaban J connectivity index is 0.648. The topological polar surface area (TPSA) is 118 Å². The maximum atomic E-state index is 5.88. The quantitative estimate of drug-likeness (QED) is 0.0939. The third kappa shape index (κ3) is 13.1. The van der Waals surface area contributed by atoms with Crippen LogP contribution in [0.25, 0.3) is 240 Å². The third-order valence-corrected chi connectivity index (χ3v) is 26.3. The highest BCUT2D eigenvalue weighted by Crippen LogP contribution is 2.55. The lowest BCUT2D eigenvalue weighted by Crippen LogP contribution is -2.14. The fourth-order valence-corrected chi connectivity index (χ4v) is 20.1. The second-order valence-corrected chi connectivity index (χ2v) is 34.5. The Morgan fingerprint density at radius 2 is 0.553 bits per heavy atom. The Morgan fingerprint density at radius 1 is 0.189 bits per heavy atom. The second-order valence-electron chi connectivity index (χ2n) is 34.5. The predicted octanol–water partition coefficient (Wildman–Crippen LogP) is 30.1. The zero-order valence-corrected chi connectivity index (χ0v) is 72.1. The van der Waals surface area contributed by atoms with Crippen LogP contribution < -0.4 is 0 Å². The van der Waals surface area contributed by atoms with Gasteiger partial charge in [0.25, 0.3) is 0 Å². The summed E-state index contributed by atoms with van der Waals surface area (Å²) in [7, 11) is 0. The lowest BCUT2D eigenvalue weighted by molar-refractivity contribution is 0.661. The number of aromatic nitrogens is 11. The summed E-state index contributed by atoms with van der Waals surface area (Å²) >= 11 is 0. The summed E-state index contributed by atoms with van der Waals surface area (Å²) in [6.45, 7) is 4.71. The molecule has 11 heteroatoms. The van der Waals surface area contributed by atoms with E-state index < -0.39 is 0 Å². The van der Waals surface area contributed by atoms with Gasteiger partial charge in [0.05, 0.1) is 67.3 Å². The largest absolute Gasteiger partial charge is 0.309 e. The summed E-state index contributed by atoms with van der Waals surface area (Å²) in [5.74, 6) is 3.31. The Kier molecular flexibility index (Phi) is 18.3. The van der Waals surface area contributed by atoms with Crippen molar-refractivity contribution >= 4 is 65.4 Å². The van der Waals surface area contributed by atoms with E-state index in [0.717, 1.165) is 189 Å². The molecular weight excluding hydrogens is 1610 g/mol. The monoisotopic (exact) mass is 1690 g/mol. The van der Waals surface area contributed by atoms with Gasteiger partial charge in [-0.3, -0.25) is 0 Å². The van der Waals surface area contributed by atoms with Gasteiger partial charge in [0.2, 0.25) is 0 Å². The van der Waals surface area contributed by atoms with Crippen molar-refractivity contribution in [2.75, 3.05) is 0 Å². The van der Waals surface area contributed by atoms with E-state index in [4.69, 9.17) is 39.9 Å². The van der Waals surface area contributed by atoms with Crippen molar-refractivity contribution in [2.45, 2.75) is 19.3 Å². The first-order chi connectivity index (χ1) is 65.2. The van der Waals surface area contributed by atoms with Crippen molar-refractivity contribution < 1.29 is 0 Å². The summed E-state index contributed by atoms with van der Waals surface area (Å²) in [4.78, 5) is 43.7. The Labute approximate surface area is 762 Å². The van der Waals surface area contributed by atoms with Gasteiger partial charge in [0, 0.05) is 110 Å². The number of benzene rings is 17. The molecule has 618 valence electrons. The zero-order valence-electron chi connectivity index (χ0n) is 72.1. The molecular formula is C121H79N11. The molecule has 0 N–H and O–H groups in total. The number of hydrogen-bond donors (Lipinski definition) is 0. The van der Waals surface area contributed by atoms with Gasteiger partial charge in [-0.15, -0.1) is 0 Å². The Bertz CT molecular complexity index is 8570. The van der Waals surface area contributed by atoms with Crippen LogP contribution in [-0.2, 0) is 5.41 Å². The van der Waals surface area contributed by atoms with Crippen LogP contribution in [-0.4, -0.2) is 53.6 Å². The van der Waals surface area contributed by atoms with Crippen LogP contribution in [0.5, 0.6) is 0 Å². The van der Waals surface area contributed by atoms with Gasteiger partial charge in [-0.05, 0) is 148 Å².